The summed E-state index contributed by atoms with van der Waals surface area (Å²) in [5.41, 5.74) is 0.780. The van der Waals surface area contributed by atoms with Gasteiger partial charge in [0.05, 0.1) is 12.6 Å². The summed E-state index contributed by atoms with van der Waals surface area (Å²) in [6.45, 7) is -0.934. The summed E-state index contributed by atoms with van der Waals surface area (Å²) in [4.78, 5) is 1.79. The van der Waals surface area contributed by atoms with Gasteiger partial charge in [0.2, 0.25) is 0 Å². The molecule has 1 aromatic carbocycles. The highest BCUT2D eigenvalue weighted by Crippen LogP contribution is 2.33. The Kier molecular flexibility index (Phi) is 4.50. The van der Waals surface area contributed by atoms with Gasteiger partial charge >= 0.3 is 6.18 Å². The second-order valence-electron chi connectivity index (χ2n) is 5.75. The van der Waals surface area contributed by atoms with Gasteiger partial charge in [-0.2, -0.15) is 13.2 Å². The van der Waals surface area contributed by atoms with Crippen LogP contribution in [0.5, 0.6) is 0 Å². The third-order valence-corrected chi connectivity index (χ3v) is 3.92. The Morgan fingerprint density at radius 2 is 1.92 bits per heavy atom. The van der Waals surface area contributed by atoms with Crippen molar-refractivity contribution in [3.63, 3.8) is 0 Å². The number of likely N-dealkylation sites (tertiary alicyclic amines) is 1. The van der Waals surface area contributed by atoms with Crippen molar-refractivity contribution in [2.24, 2.45) is 0 Å². The van der Waals surface area contributed by atoms with Crippen LogP contribution in [0.4, 0.5) is 17.6 Å². The van der Waals surface area contributed by atoms with Crippen LogP contribution in [-0.4, -0.2) is 49.0 Å². The van der Waals surface area contributed by atoms with Crippen molar-refractivity contribution in [2.45, 2.75) is 37.8 Å². The first-order valence-corrected chi connectivity index (χ1v) is 7.31. The lowest BCUT2D eigenvalue weighted by Gasteiger charge is -2.24. The van der Waals surface area contributed by atoms with Crippen molar-refractivity contribution >= 4 is 0 Å². The summed E-state index contributed by atoms with van der Waals surface area (Å²) in [6.07, 6.45) is -4.63. The minimum absolute atomic E-state index is 0.0577. The minimum atomic E-state index is -4.43. The highest BCUT2D eigenvalue weighted by molar-refractivity contribution is 5.21. The molecule has 1 aliphatic heterocycles. The van der Waals surface area contributed by atoms with E-state index in [1.165, 1.54) is 12.1 Å². The van der Waals surface area contributed by atoms with E-state index in [4.69, 9.17) is 0 Å². The molecule has 6 nitrogen and oxygen atoms in total. The maximum absolute atomic E-state index is 13.1. The number of nitrogens with zero attached hydrogens (tertiary/aromatic N) is 5. The summed E-state index contributed by atoms with van der Waals surface area (Å²) in [7, 11) is 0. The zero-order valence-corrected chi connectivity index (χ0v) is 12.5. The number of hydrogen-bond acceptors (Lipinski definition) is 5. The van der Waals surface area contributed by atoms with E-state index in [-0.39, 0.29) is 30.8 Å². The number of aliphatic hydroxyl groups is 1. The molecule has 1 N–H and O–H groups in total. The summed E-state index contributed by atoms with van der Waals surface area (Å²) >= 11 is 0. The van der Waals surface area contributed by atoms with E-state index in [1.54, 1.807) is 17.0 Å². The van der Waals surface area contributed by atoms with Crippen LogP contribution >= 0.6 is 0 Å². The molecule has 2 heterocycles. The highest BCUT2D eigenvalue weighted by atomic mass is 19.4. The fourth-order valence-corrected chi connectivity index (χ4v) is 2.90. The quantitative estimate of drug-likeness (QED) is 0.854. The number of hydrogen-bond donors (Lipinski definition) is 1. The highest BCUT2D eigenvalue weighted by Gasteiger charge is 2.35. The molecule has 1 aliphatic rings. The largest absolute Gasteiger partial charge is 0.408 e. The standard InChI is InChI=1S/C14H15F4N5O/c15-10-3-1-9(2-4-10)12-5-11(24)6-22(12)7-13-19-20-21-23(13)8-14(16,17)18/h1-4,11-12,24H,5-8H2/t11-,12-/m1/s1. The van der Waals surface area contributed by atoms with Crippen molar-refractivity contribution in [2.75, 3.05) is 6.54 Å². The number of rotatable bonds is 4. The first kappa shape index (κ1) is 16.8. The predicted molar refractivity (Wildman–Crippen MR) is 74.0 cm³/mol. The van der Waals surface area contributed by atoms with E-state index < -0.39 is 18.8 Å². The first-order chi connectivity index (χ1) is 11.3. The molecule has 2 aromatic rings. The van der Waals surface area contributed by atoms with Crippen molar-refractivity contribution < 1.29 is 22.7 Å². The lowest BCUT2D eigenvalue weighted by molar-refractivity contribution is -0.143. The van der Waals surface area contributed by atoms with Gasteiger partial charge in [-0.05, 0) is 34.5 Å². The predicted octanol–water partition coefficient (Wildman–Crippen LogP) is 1.68. The maximum Gasteiger partial charge on any atom is 0.408 e. The van der Waals surface area contributed by atoms with Gasteiger partial charge in [0.1, 0.15) is 12.4 Å². The monoisotopic (exact) mass is 345 g/mol. The van der Waals surface area contributed by atoms with Crippen LogP contribution in [0.15, 0.2) is 24.3 Å². The van der Waals surface area contributed by atoms with Crippen LogP contribution in [0.2, 0.25) is 0 Å². The van der Waals surface area contributed by atoms with Gasteiger partial charge in [0.25, 0.3) is 0 Å². The number of tetrazole rings is 1. The van der Waals surface area contributed by atoms with Gasteiger partial charge in [-0.1, -0.05) is 12.1 Å². The van der Waals surface area contributed by atoms with Crippen LogP contribution in [0, 0.1) is 5.82 Å². The molecule has 0 spiro atoms. The molecule has 0 aliphatic carbocycles. The number of aliphatic hydroxyl groups excluding tert-OH is 1. The molecule has 1 aromatic heterocycles. The summed E-state index contributed by atoms with van der Waals surface area (Å²) in [5.74, 6) is -0.313. The Morgan fingerprint density at radius 3 is 2.58 bits per heavy atom. The maximum atomic E-state index is 13.1. The third kappa shape index (κ3) is 3.88. The summed E-state index contributed by atoms with van der Waals surface area (Å²) < 4.78 is 51.4. The van der Waals surface area contributed by atoms with Gasteiger partial charge in [-0.25, -0.2) is 9.07 Å². The Balaban J connectivity index is 1.78. The normalized spacial score (nSPS) is 22.2. The SMILES string of the molecule is O[C@@H]1C[C@H](c2ccc(F)cc2)N(Cc2nnnn2CC(F)(F)F)C1. The van der Waals surface area contributed by atoms with E-state index >= 15 is 0 Å². The van der Waals surface area contributed by atoms with E-state index in [0.29, 0.717) is 11.1 Å². The molecule has 2 atom stereocenters. The van der Waals surface area contributed by atoms with E-state index in [2.05, 4.69) is 15.5 Å². The van der Waals surface area contributed by atoms with Gasteiger partial charge in [0.15, 0.2) is 5.82 Å². The Labute approximate surface area is 134 Å². The van der Waals surface area contributed by atoms with Crippen LogP contribution in [0.25, 0.3) is 0 Å². The van der Waals surface area contributed by atoms with Gasteiger partial charge in [-0.15, -0.1) is 5.10 Å². The molecule has 0 saturated carbocycles. The average molecular weight is 345 g/mol. The Bertz CT molecular complexity index is 687. The molecular weight excluding hydrogens is 330 g/mol. The zero-order chi connectivity index (χ0) is 17.3. The molecule has 1 saturated heterocycles. The van der Waals surface area contributed by atoms with Crippen LogP contribution < -0.4 is 0 Å². The number of halogens is 4. The number of alkyl halides is 3. The Hall–Kier alpha value is -2.07. The molecule has 0 unspecified atom stereocenters. The molecule has 0 radical (unpaired) electrons. The van der Waals surface area contributed by atoms with E-state index in [0.717, 1.165) is 5.56 Å². The van der Waals surface area contributed by atoms with Crippen LogP contribution in [0.3, 0.4) is 0 Å². The van der Waals surface area contributed by atoms with Crippen molar-refractivity contribution in [3.8, 4) is 0 Å². The van der Waals surface area contributed by atoms with E-state index in [1.807, 2.05) is 0 Å². The summed E-state index contributed by atoms with van der Waals surface area (Å²) in [5, 5.41) is 20.2. The number of benzene rings is 1. The average Bonchev–Trinajstić information content (AvgIpc) is 3.06. The van der Waals surface area contributed by atoms with Gasteiger partial charge in [0, 0.05) is 12.6 Å². The second-order valence-corrected chi connectivity index (χ2v) is 5.75. The lowest BCUT2D eigenvalue weighted by atomic mass is 10.0. The molecular formula is C14H15F4N5O. The minimum Gasteiger partial charge on any atom is -0.392 e. The van der Waals surface area contributed by atoms with Crippen molar-refractivity contribution in [3.05, 3.63) is 41.5 Å². The zero-order valence-electron chi connectivity index (χ0n) is 12.5. The molecule has 0 bridgehead atoms. The smallest absolute Gasteiger partial charge is 0.392 e. The third-order valence-electron chi connectivity index (χ3n) is 3.92. The topological polar surface area (TPSA) is 67.1 Å². The molecule has 3 rings (SSSR count). The fraction of sp³-hybridized carbons (Fsp3) is 0.500. The molecule has 130 valence electrons. The lowest BCUT2D eigenvalue weighted by Crippen LogP contribution is -2.28. The van der Waals surface area contributed by atoms with Crippen molar-refractivity contribution in [1.29, 1.82) is 0 Å². The molecule has 10 heteroatoms. The van der Waals surface area contributed by atoms with Crippen LogP contribution in [-0.2, 0) is 13.1 Å². The van der Waals surface area contributed by atoms with Gasteiger partial charge in [-0.3, -0.25) is 4.90 Å². The van der Waals surface area contributed by atoms with Gasteiger partial charge < -0.3 is 5.11 Å². The van der Waals surface area contributed by atoms with E-state index in [9.17, 15) is 22.7 Å². The number of β-amino-alcohol motifs (C(OH)–C–C–N with tert-alkyl or cyclic N) is 1. The molecule has 1 fully saturated rings. The van der Waals surface area contributed by atoms with Crippen molar-refractivity contribution in [1.82, 2.24) is 25.1 Å². The molecule has 24 heavy (non-hydrogen) atoms. The summed E-state index contributed by atoms with van der Waals surface area (Å²) in [6, 6.07) is 5.59. The fourth-order valence-electron chi connectivity index (χ4n) is 2.90. The molecule has 0 amide bonds. The first-order valence-electron chi connectivity index (χ1n) is 7.31. The van der Waals surface area contributed by atoms with Crippen LogP contribution in [0.1, 0.15) is 23.9 Å². The second kappa shape index (κ2) is 6.44. The number of aromatic nitrogens is 4. The Morgan fingerprint density at radius 1 is 1.21 bits per heavy atom.